The van der Waals surface area contributed by atoms with Gasteiger partial charge in [-0.1, -0.05) is 32.0 Å². The molecule has 0 bridgehead atoms. The molecule has 2 unspecified atom stereocenters. The molecule has 0 radical (unpaired) electrons. The normalized spacial score (nSPS) is 22.4. The lowest BCUT2D eigenvalue weighted by atomic mass is 9.92. The molecule has 1 N–H and O–H groups in total. The molecule has 4 nitrogen and oxygen atoms in total. The first-order valence-corrected chi connectivity index (χ1v) is 7.24. The quantitative estimate of drug-likeness (QED) is 0.922. The smallest absolute Gasteiger partial charge is 0.317 e. The van der Waals surface area contributed by atoms with Crippen LogP contribution in [0, 0.1) is 11.8 Å². The molecule has 0 saturated carbocycles. The average Bonchev–Trinajstić information content (AvgIpc) is 2.44. The van der Waals surface area contributed by atoms with E-state index in [0.717, 1.165) is 24.4 Å². The fourth-order valence-electron chi connectivity index (χ4n) is 2.96. The Morgan fingerprint density at radius 1 is 1.30 bits per heavy atom. The number of benzene rings is 1. The van der Waals surface area contributed by atoms with Crippen molar-refractivity contribution in [3.8, 4) is 5.75 Å². The first-order chi connectivity index (χ1) is 9.60. The first-order valence-electron chi connectivity index (χ1n) is 7.24. The third-order valence-electron chi connectivity index (χ3n) is 3.78. The van der Waals surface area contributed by atoms with Crippen molar-refractivity contribution in [2.75, 3.05) is 20.2 Å². The summed E-state index contributed by atoms with van der Waals surface area (Å²) in [6.45, 7) is 6.61. The van der Waals surface area contributed by atoms with Crippen molar-refractivity contribution in [3.63, 3.8) is 0 Å². The molecule has 2 amide bonds. The molecule has 0 spiro atoms. The summed E-state index contributed by atoms with van der Waals surface area (Å²) in [7, 11) is 1.65. The average molecular weight is 276 g/mol. The molecule has 1 heterocycles. The summed E-state index contributed by atoms with van der Waals surface area (Å²) in [5.41, 5.74) is 1.00. The fourth-order valence-corrected chi connectivity index (χ4v) is 2.96. The Morgan fingerprint density at radius 2 is 1.95 bits per heavy atom. The molecule has 0 aliphatic carbocycles. The number of nitrogens with zero attached hydrogens (tertiary/aromatic N) is 1. The van der Waals surface area contributed by atoms with Gasteiger partial charge in [-0.15, -0.1) is 0 Å². The molecule has 1 aromatic rings. The van der Waals surface area contributed by atoms with Gasteiger partial charge in [0.25, 0.3) is 0 Å². The van der Waals surface area contributed by atoms with E-state index in [1.807, 2.05) is 29.2 Å². The number of nitrogens with one attached hydrogen (secondary N) is 1. The van der Waals surface area contributed by atoms with Gasteiger partial charge < -0.3 is 15.0 Å². The van der Waals surface area contributed by atoms with Crippen molar-refractivity contribution < 1.29 is 9.53 Å². The van der Waals surface area contributed by atoms with E-state index >= 15 is 0 Å². The standard InChI is InChI=1S/C16H24N2O2/c1-12-8-13(2)11-18(10-12)16(19)17-9-14-6-4-5-7-15(14)20-3/h4-7,12-13H,8-11H2,1-3H3,(H,17,19). The SMILES string of the molecule is COc1ccccc1CNC(=O)N1CC(C)CC(C)C1. The minimum atomic E-state index is 0.0225. The Balaban J connectivity index is 1.91. The van der Waals surface area contributed by atoms with E-state index in [1.54, 1.807) is 7.11 Å². The van der Waals surface area contributed by atoms with Crippen molar-refractivity contribution >= 4 is 6.03 Å². The molecule has 1 aliphatic rings. The number of methoxy groups -OCH3 is 1. The van der Waals surface area contributed by atoms with E-state index < -0.39 is 0 Å². The summed E-state index contributed by atoms with van der Waals surface area (Å²) in [5, 5.41) is 2.99. The van der Waals surface area contributed by atoms with E-state index in [-0.39, 0.29) is 6.03 Å². The number of piperidine rings is 1. The van der Waals surface area contributed by atoms with Crippen LogP contribution in [0.25, 0.3) is 0 Å². The number of urea groups is 1. The number of para-hydroxylation sites is 1. The maximum absolute atomic E-state index is 12.2. The van der Waals surface area contributed by atoms with Gasteiger partial charge in [0, 0.05) is 25.2 Å². The van der Waals surface area contributed by atoms with E-state index in [1.165, 1.54) is 6.42 Å². The van der Waals surface area contributed by atoms with Gasteiger partial charge >= 0.3 is 6.03 Å². The van der Waals surface area contributed by atoms with Crippen LogP contribution in [-0.2, 0) is 6.54 Å². The van der Waals surface area contributed by atoms with Crippen molar-refractivity contribution in [3.05, 3.63) is 29.8 Å². The predicted molar refractivity (Wildman–Crippen MR) is 79.7 cm³/mol. The number of rotatable bonds is 3. The largest absolute Gasteiger partial charge is 0.496 e. The zero-order valence-corrected chi connectivity index (χ0v) is 12.6. The zero-order valence-electron chi connectivity index (χ0n) is 12.6. The van der Waals surface area contributed by atoms with Crippen LogP contribution in [0.4, 0.5) is 4.79 Å². The summed E-state index contributed by atoms with van der Waals surface area (Å²) in [6, 6.07) is 7.79. The highest BCUT2D eigenvalue weighted by molar-refractivity contribution is 5.74. The lowest BCUT2D eigenvalue weighted by Gasteiger charge is -2.35. The summed E-state index contributed by atoms with van der Waals surface area (Å²) < 4.78 is 5.29. The molecular formula is C16H24N2O2. The molecule has 20 heavy (non-hydrogen) atoms. The van der Waals surface area contributed by atoms with E-state index in [4.69, 9.17) is 4.74 Å². The van der Waals surface area contributed by atoms with Gasteiger partial charge in [0.2, 0.25) is 0 Å². The highest BCUT2D eigenvalue weighted by Crippen LogP contribution is 2.21. The first kappa shape index (κ1) is 14.7. The summed E-state index contributed by atoms with van der Waals surface area (Å²) >= 11 is 0. The van der Waals surface area contributed by atoms with Crippen molar-refractivity contribution in [1.82, 2.24) is 10.2 Å². The van der Waals surface area contributed by atoms with Crippen LogP contribution in [0.15, 0.2) is 24.3 Å². The second-order valence-corrected chi connectivity index (χ2v) is 5.82. The van der Waals surface area contributed by atoms with Crippen LogP contribution in [0.3, 0.4) is 0 Å². The van der Waals surface area contributed by atoms with Gasteiger partial charge in [0.1, 0.15) is 5.75 Å². The zero-order chi connectivity index (χ0) is 14.5. The van der Waals surface area contributed by atoms with Crippen molar-refractivity contribution in [2.24, 2.45) is 11.8 Å². The van der Waals surface area contributed by atoms with Crippen LogP contribution in [0.5, 0.6) is 5.75 Å². The Morgan fingerprint density at radius 3 is 2.60 bits per heavy atom. The maximum atomic E-state index is 12.2. The highest BCUT2D eigenvalue weighted by atomic mass is 16.5. The summed E-state index contributed by atoms with van der Waals surface area (Å²) in [4.78, 5) is 14.2. The lowest BCUT2D eigenvalue weighted by Crippen LogP contribution is -2.47. The number of hydrogen-bond acceptors (Lipinski definition) is 2. The Labute approximate surface area is 121 Å². The summed E-state index contributed by atoms with van der Waals surface area (Å²) in [6.07, 6.45) is 1.20. The third-order valence-corrected chi connectivity index (χ3v) is 3.78. The van der Waals surface area contributed by atoms with Gasteiger partial charge in [-0.2, -0.15) is 0 Å². The van der Waals surface area contributed by atoms with Crippen LogP contribution >= 0.6 is 0 Å². The molecule has 1 aromatic carbocycles. The minimum Gasteiger partial charge on any atom is -0.496 e. The second-order valence-electron chi connectivity index (χ2n) is 5.82. The topological polar surface area (TPSA) is 41.6 Å². The van der Waals surface area contributed by atoms with Crippen LogP contribution < -0.4 is 10.1 Å². The van der Waals surface area contributed by atoms with Gasteiger partial charge in [-0.25, -0.2) is 4.79 Å². The minimum absolute atomic E-state index is 0.0225. The van der Waals surface area contributed by atoms with Gasteiger partial charge in [-0.3, -0.25) is 0 Å². The fraction of sp³-hybridized carbons (Fsp3) is 0.562. The van der Waals surface area contributed by atoms with Gasteiger partial charge in [-0.05, 0) is 24.3 Å². The molecule has 4 heteroatoms. The number of ether oxygens (including phenoxy) is 1. The number of hydrogen-bond donors (Lipinski definition) is 1. The van der Waals surface area contributed by atoms with E-state index in [9.17, 15) is 4.79 Å². The molecular weight excluding hydrogens is 252 g/mol. The van der Waals surface area contributed by atoms with Crippen LogP contribution in [-0.4, -0.2) is 31.1 Å². The van der Waals surface area contributed by atoms with Crippen molar-refractivity contribution in [1.29, 1.82) is 0 Å². The molecule has 2 atom stereocenters. The number of carbonyl (C=O) groups excluding carboxylic acids is 1. The molecule has 110 valence electrons. The van der Waals surface area contributed by atoms with Crippen molar-refractivity contribution in [2.45, 2.75) is 26.8 Å². The number of likely N-dealkylation sites (tertiary alicyclic amines) is 1. The predicted octanol–water partition coefficient (Wildman–Crippen LogP) is 2.88. The molecule has 1 saturated heterocycles. The Kier molecular flexibility index (Phi) is 4.88. The van der Waals surface area contributed by atoms with Crippen LogP contribution in [0.2, 0.25) is 0 Å². The van der Waals surface area contributed by atoms with E-state index in [0.29, 0.717) is 18.4 Å². The second kappa shape index (κ2) is 6.64. The monoisotopic (exact) mass is 276 g/mol. The number of carbonyl (C=O) groups is 1. The van der Waals surface area contributed by atoms with Crippen LogP contribution in [0.1, 0.15) is 25.8 Å². The lowest BCUT2D eigenvalue weighted by molar-refractivity contribution is 0.146. The molecule has 1 aliphatic heterocycles. The highest BCUT2D eigenvalue weighted by Gasteiger charge is 2.25. The van der Waals surface area contributed by atoms with Gasteiger partial charge in [0.15, 0.2) is 0 Å². The maximum Gasteiger partial charge on any atom is 0.317 e. The molecule has 1 fully saturated rings. The number of amides is 2. The Hall–Kier alpha value is -1.71. The summed E-state index contributed by atoms with van der Waals surface area (Å²) in [5.74, 6) is 1.97. The Bertz CT molecular complexity index is 452. The third kappa shape index (κ3) is 3.65. The molecule has 0 aromatic heterocycles. The van der Waals surface area contributed by atoms with Gasteiger partial charge in [0.05, 0.1) is 7.11 Å². The molecule has 2 rings (SSSR count). The van der Waals surface area contributed by atoms with E-state index in [2.05, 4.69) is 19.2 Å².